The number of carbonyl (C=O) groups excluding carboxylic acids is 2. The Labute approximate surface area is 231 Å². The van der Waals surface area contributed by atoms with Gasteiger partial charge in [-0.2, -0.15) is 0 Å². The van der Waals surface area contributed by atoms with Gasteiger partial charge in [-0.1, -0.05) is 30.3 Å². The lowest BCUT2D eigenvalue weighted by atomic mass is 9.95. The summed E-state index contributed by atoms with van der Waals surface area (Å²) in [5, 5.41) is 7.00. The number of anilines is 2. The largest absolute Gasteiger partial charge is 0.355 e. The molecule has 2 fully saturated rings. The maximum Gasteiger partial charge on any atom is 0.226 e. The van der Waals surface area contributed by atoms with E-state index in [-0.39, 0.29) is 24.2 Å². The monoisotopic (exact) mass is 528 g/mol. The zero-order valence-corrected chi connectivity index (χ0v) is 23.2. The number of rotatable bonds is 8. The van der Waals surface area contributed by atoms with Gasteiger partial charge in [-0.15, -0.1) is 0 Å². The Morgan fingerprint density at radius 2 is 1.69 bits per heavy atom. The molecule has 8 heteroatoms. The van der Waals surface area contributed by atoms with E-state index in [0.717, 1.165) is 86.6 Å². The van der Waals surface area contributed by atoms with Crippen molar-refractivity contribution in [3.8, 4) is 0 Å². The number of likely N-dealkylation sites (tertiary alicyclic amines) is 1. The molecule has 8 nitrogen and oxygen atoms in total. The fourth-order valence-electron chi connectivity index (χ4n) is 5.51. The third kappa shape index (κ3) is 7.13. The first-order chi connectivity index (χ1) is 18.9. The van der Waals surface area contributed by atoms with Gasteiger partial charge in [-0.05, 0) is 75.3 Å². The molecule has 2 N–H and O–H groups in total. The van der Waals surface area contributed by atoms with Crippen LogP contribution in [-0.4, -0.2) is 79.5 Å². The highest BCUT2D eigenvalue weighted by Crippen LogP contribution is 2.26. The van der Waals surface area contributed by atoms with Crippen molar-refractivity contribution >= 4 is 34.2 Å². The van der Waals surface area contributed by atoms with E-state index >= 15 is 0 Å². The summed E-state index contributed by atoms with van der Waals surface area (Å²) in [5.74, 6) is 0.993. The van der Waals surface area contributed by atoms with Crippen molar-refractivity contribution in [2.75, 3.05) is 63.1 Å². The highest BCUT2D eigenvalue weighted by molar-refractivity contribution is 5.95. The van der Waals surface area contributed by atoms with Gasteiger partial charge in [-0.3, -0.25) is 14.5 Å². The number of nitrogens with zero attached hydrogens (tertiary/aromatic N) is 4. The Hall–Kier alpha value is -3.49. The second-order valence-corrected chi connectivity index (χ2v) is 10.9. The summed E-state index contributed by atoms with van der Waals surface area (Å²) in [4.78, 5) is 37.2. The summed E-state index contributed by atoms with van der Waals surface area (Å²) in [6.07, 6.45) is 1.95. The van der Waals surface area contributed by atoms with Gasteiger partial charge in [0.15, 0.2) is 0 Å². The van der Waals surface area contributed by atoms with Gasteiger partial charge in [0.25, 0.3) is 0 Å². The summed E-state index contributed by atoms with van der Waals surface area (Å²) in [5.41, 5.74) is 4.14. The summed E-state index contributed by atoms with van der Waals surface area (Å²) in [6.45, 7) is 9.24. The van der Waals surface area contributed by atoms with Crippen LogP contribution in [0.15, 0.2) is 54.6 Å². The first-order valence-corrected chi connectivity index (χ1v) is 14.1. The van der Waals surface area contributed by atoms with Crippen LogP contribution in [0, 0.1) is 12.8 Å². The molecule has 0 spiro atoms. The Balaban J connectivity index is 1.06. The lowest BCUT2D eigenvalue weighted by Gasteiger charge is -2.33. The predicted octanol–water partition coefficient (Wildman–Crippen LogP) is 3.65. The molecule has 3 aromatic rings. The molecular formula is C31H40N6O2. The fraction of sp³-hybridized carbons (Fsp3) is 0.452. The summed E-state index contributed by atoms with van der Waals surface area (Å²) in [7, 11) is 2.15. The van der Waals surface area contributed by atoms with E-state index in [1.165, 1.54) is 5.56 Å². The normalized spacial score (nSPS) is 17.3. The van der Waals surface area contributed by atoms with Crippen molar-refractivity contribution in [3.05, 3.63) is 65.7 Å². The number of aryl methyl sites for hydroxylation is 1. The quantitative estimate of drug-likeness (QED) is 0.465. The molecule has 0 atom stereocenters. The molecule has 206 valence electrons. The standard InChI is InChI=1S/C31H40N6O2/c1-23-20-29(37-18-16-35(2)17-19-37)34-28-9-8-26(21-27(23)28)33-30(38)10-13-32-31(39)25-11-14-36(15-12-25)22-24-6-4-3-5-7-24/h3-9,20-21,25H,10-19,22H2,1-2H3,(H,32,39)(H,33,38). The van der Waals surface area contributed by atoms with Crippen LogP contribution in [0.4, 0.5) is 11.5 Å². The van der Waals surface area contributed by atoms with Gasteiger partial charge < -0.3 is 20.4 Å². The number of pyridine rings is 1. The lowest BCUT2D eigenvalue weighted by molar-refractivity contribution is -0.126. The van der Waals surface area contributed by atoms with E-state index in [1.54, 1.807) is 0 Å². The average Bonchev–Trinajstić information content (AvgIpc) is 2.94. The zero-order valence-electron chi connectivity index (χ0n) is 23.2. The third-order valence-electron chi connectivity index (χ3n) is 7.97. The maximum atomic E-state index is 12.7. The number of piperazine rings is 1. The van der Waals surface area contributed by atoms with Gasteiger partial charge in [-0.25, -0.2) is 4.98 Å². The van der Waals surface area contributed by atoms with Gasteiger partial charge >= 0.3 is 0 Å². The SMILES string of the molecule is Cc1cc(N2CCN(C)CC2)nc2ccc(NC(=O)CCNC(=O)C3CCN(Cc4ccccc4)CC3)cc12. The molecule has 0 saturated carbocycles. The van der Waals surface area contributed by atoms with E-state index in [4.69, 9.17) is 4.98 Å². The number of amides is 2. The molecule has 3 heterocycles. The molecule has 2 aliphatic heterocycles. The Bertz CT molecular complexity index is 1280. The number of piperidine rings is 1. The minimum Gasteiger partial charge on any atom is -0.355 e. The number of aromatic nitrogens is 1. The van der Waals surface area contributed by atoms with Crippen molar-refractivity contribution in [2.45, 2.75) is 32.7 Å². The van der Waals surface area contributed by atoms with E-state index in [1.807, 2.05) is 24.3 Å². The van der Waals surface area contributed by atoms with Crippen LogP contribution >= 0.6 is 0 Å². The van der Waals surface area contributed by atoms with E-state index in [0.29, 0.717) is 6.54 Å². The second kappa shape index (κ2) is 12.6. The van der Waals surface area contributed by atoms with Crippen LogP contribution in [0.2, 0.25) is 0 Å². The minimum atomic E-state index is -0.105. The first-order valence-electron chi connectivity index (χ1n) is 14.1. The number of benzene rings is 2. The molecule has 2 aromatic carbocycles. The summed E-state index contributed by atoms with van der Waals surface area (Å²) >= 11 is 0. The highest BCUT2D eigenvalue weighted by atomic mass is 16.2. The minimum absolute atomic E-state index is 0.0202. The molecule has 2 aliphatic rings. The smallest absolute Gasteiger partial charge is 0.226 e. The molecular weight excluding hydrogens is 488 g/mol. The van der Waals surface area contributed by atoms with Gasteiger partial charge in [0.1, 0.15) is 5.82 Å². The van der Waals surface area contributed by atoms with Crippen molar-refractivity contribution < 1.29 is 9.59 Å². The molecule has 1 aromatic heterocycles. The third-order valence-corrected chi connectivity index (χ3v) is 7.97. The Morgan fingerprint density at radius 3 is 2.44 bits per heavy atom. The van der Waals surface area contributed by atoms with Crippen LogP contribution in [0.3, 0.4) is 0 Å². The van der Waals surface area contributed by atoms with Crippen molar-refractivity contribution in [1.29, 1.82) is 0 Å². The summed E-state index contributed by atoms with van der Waals surface area (Å²) in [6, 6.07) is 18.5. The molecule has 0 radical (unpaired) electrons. The van der Waals surface area contributed by atoms with Crippen LogP contribution < -0.4 is 15.5 Å². The zero-order chi connectivity index (χ0) is 27.2. The van der Waals surface area contributed by atoms with Crippen LogP contribution in [0.25, 0.3) is 10.9 Å². The molecule has 0 bridgehead atoms. The topological polar surface area (TPSA) is 80.8 Å². The molecule has 5 rings (SSSR count). The van der Waals surface area contributed by atoms with Gasteiger partial charge in [0.05, 0.1) is 5.52 Å². The molecule has 0 unspecified atom stereocenters. The number of fused-ring (bicyclic) bond motifs is 1. The number of likely N-dealkylation sites (N-methyl/N-ethyl adjacent to an activating group) is 1. The number of hydrogen-bond donors (Lipinski definition) is 2. The number of hydrogen-bond acceptors (Lipinski definition) is 6. The van der Waals surface area contributed by atoms with Gasteiger partial charge in [0.2, 0.25) is 11.8 Å². The van der Waals surface area contributed by atoms with Crippen LogP contribution in [0.1, 0.15) is 30.4 Å². The molecule has 2 saturated heterocycles. The number of carbonyl (C=O) groups is 2. The van der Waals surface area contributed by atoms with E-state index in [2.05, 4.69) is 69.6 Å². The maximum absolute atomic E-state index is 12.7. The molecule has 2 amide bonds. The Kier molecular flexibility index (Phi) is 8.74. The van der Waals surface area contributed by atoms with Crippen LogP contribution in [-0.2, 0) is 16.1 Å². The number of nitrogens with one attached hydrogen (secondary N) is 2. The summed E-state index contributed by atoms with van der Waals surface area (Å²) < 4.78 is 0. The molecule has 0 aliphatic carbocycles. The van der Waals surface area contributed by atoms with E-state index < -0.39 is 0 Å². The van der Waals surface area contributed by atoms with Crippen molar-refractivity contribution in [1.82, 2.24) is 20.1 Å². The molecule has 39 heavy (non-hydrogen) atoms. The average molecular weight is 529 g/mol. The lowest BCUT2D eigenvalue weighted by Crippen LogP contribution is -2.44. The Morgan fingerprint density at radius 1 is 0.949 bits per heavy atom. The second-order valence-electron chi connectivity index (χ2n) is 10.9. The highest BCUT2D eigenvalue weighted by Gasteiger charge is 2.25. The first kappa shape index (κ1) is 27.1. The predicted molar refractivity (Wildman–Crippen MR) is 157 cm³/mol. The van der Waals surface area contributed by atoms with Crippen molar-refractivity contribution in [2.24, 2.45) is 5.92 Å². The van der Waals surface area contributed by atoms with Crippen LogP contribution in [0.5, 0.6) is 0 Å². The fourth-order valence-corrected chi connectivity index (χ4v) is 5.51. The van der Waals surface area contributed by atoms with Gasteiger partial charge in [0, 0.05) is 62.7 Å². The van der Waals surface area contributed by atoms with Crippen molar-refractivity contribution in [3.63, 3.8) is 0 Å². The van der Waals surface area contributed by atoms with E-state index in [9.17, 15) is 9.59 Å².